The quantitative estimate of drug-likeness (QED) is 0.784. The lowest BCUT2D eigenvalue weighted by atomic mass is 10.2. The molecular weight excluding hydrogens is 184 g/mol. The van der Waals surface area contributed by atoms with Gasteiger partial charge in [-0.15, -0.1) is 0 Å². The molecule has 0 heterocycles. The van der Waals surface area contributed by atoms with E-state index in [2.05, 4.69) is 12.2 Å². The summed E-state index contributed by atoms with van der Waals surface area (Å²) < 4.78 is 25.4. The molecule has 1 aliphatic carbocycles. The van der Waals surface area contributed by atoms with Crippen molar-refractivity contribution in [3.63, 3.8) is 0 Å². The number of hydrogen-bond donors (Lipinski definition) is 1. The highest BCUT2D eigenvalue weighted by Gasteiger charge is 2.31. The molecule has 0 saturated heterocycles. The Balaban J connectivity index is 1.92. The molecule has 1 fully saturated rings. The molecule has 2 atom stereocenters. The van der Waals surface area contributed by atoms with Gasteiger partial charge in [0.2, 0.25) is 0 Å². The number of benzene rings is 1. The third-order valence-corrected chi connectivity index (χ3v) is 2.66. The van der Waals surface area contributed by atoms with Crippen LogP contribution in [0.15, 0.2) is 18.2 Å². The van der Waals surface area contributed by atoms with E-state index >= 15 is 0 Å². The molecule has 1 aromatic rings. The van der Waals surface area contributed by atoms with Crippen LogP contribution in [0.5, 0.6) is 0 Å². The van der Waals surface area contributed by atoms with E-state index in [1.54, 1.807) is 6.07 Å². The lowest BCUT2D eigenvalue weighted by molar-refractivity contribution is 0.505. The summed E-state index contributed by atoms with van der Waals surface area (Å²) >= 11 is 0. The average molecular weight is 197 g/mol. The summed E-state index contributed by atoms with van der Waals surface area (Å²) in [6, 6.07) is 4.58. The van der Waals surface area contributed by atoms with Crippen molar-refractivity contribution in [3.05, 3.63) is 35.4 Å². The van der Waals surface area contributed by atoms with Gasteiger partial charge >= 0.3 is 0 Å². The first-order valence-corrected chi connectivity index (χ1v) is 4.84. The largest absolute Gasteiger partial charge is 0.310 e. The zero-order valence-corrected chi connectivity index (χ0v) is 8.06. The van der Waals surface area contributed by atoms with Gasteiger partial charge in [-0.3, -0.25) is 0 Å². The van der Waals surface area contributed by atoms with Crippen LogP contribution in [-0.4, -0.2) is 6.04 Å². The lowest BCUT2D eigenvalue weighted by Gasteiger charge is -2.03. The SMILES string of the molecule is C[C@@H]1C[C@H]1NCc1ccc(F)c(F)c1. The van der Waals surface area contributed by atoms with E-state index in [1.165, 1.54) is 18.6 Å². The highest BCUT2D eigenvalue weighted by Crippen LogP contribution is 2.29. The van der Waals surface area contributed by atoms with E-state index in [0.29, 0.717) is 12.6 Å². The van der Waals surface area contributed by atoms with Gasteiger partial charge in [-0.1, -0.05) is 13.0 Å². The summed E-state index contributed by atoms with van der Waals surface area (Å²) in [7, 11) is 0. The standard InChI is InChI=1S/C11H13F2N/c1-7-4-11(7)14-6-8-2-3-9(12)10(13)5-8/h2-3,5,7,11,14H,4,6H2,1H3/t7-,11-/m1/s1. The van der Waals surface area contributed by atoms with E-state index in [0.717, 1.165) is 11.5 Å². The first kappa shape index (κ1) is 9.59. The maximum Gasteiger partial charge on any atom is 0.159 e. The number of rotatable bonds is 3. The summed E-state index contributed by atoms with van der Waals surface area (Å²) in [6.07, 6.45) is 1.18. The third kappa shape index (κ3) is 2.10. The van der Waals surface area contributed by atoms with Gasteiger partial charge in [-0.2, -0.15) is 0 Å². The molecule has 14 heavy (non-hydrogen) atoms. The molecule has 1 nitrogen and oxygen atoms in total. The summed E-state index contributed by atoms with van der Waals surface area (Å²) in [6.45, 7) is 2.79. The smallest absolute Gasteiger partial charge is 0.159 e. The van der Waals surface area contributed by atoms with Gasteiger partial charge in [-0.25, -0.2) is 8.78 Å². The van der Waals surface area contributed by atoms with Crippen LogP contribution in [0, 0.1) is 17.6 Å². The molecule has 1 aliphatic rings. The van der Waals surface area contributed by atoms with E-state index < -0.39 is 11.6 Å². The number of halogens is 2. The summed E-state index contributed by atoms with van der Waals surface area (Å²) in [5.41, 5.74) is 0.794. The van der Waals surface area contributed by atoms with Gasteiger partial charge < -0.3 is 5.32 Å². The van der Waals surface area contributed by atoms with E-state index in [4.69, 9.17) is 0 Å². The van der Waals surface area contributed by atoms with Crippen LogP contribution >= 0.6 is 0 Å². The van der Waals surface area contributed by atoms with Gasteiger partial charge in [-0.05, 0) is 30.0 Å². The van der Waals surface area contributed by atoms with Gasteiger partial charge in [0.1, 0.15) is 0 Å². The molecule has 0 amide bonds. The Labute approximate surface area is 82.1 Å². The van der Waals surface area contributed by atoms with Crippen LogP contribution in [-0.2, 0) is 6.54 Å². The third-order valence-electron chi connectivity index (χ3n) is 2.66. The van der Waals surface area contributed by atoms with E-state index in [9.17, 15) is 8.78 Å². The molecule has 76 valence electrons. The lowest BCUT2D eigenvalue weighted by Crippen LogP contribution is -2.17. The van der Waals surface area contributed by atoms with Crippen LogP contribution in [0.2, 0.25) is 0 Å². The Hall–Kier alpha value is -0.960. The average Bonchev–Trinajstić information content (AvgIpc) is 2.85. The van der Waals surface area contributed by atoms with Crippen molar-refractivity contribution in [3.8, 4) is 0 Å². The van der Waals surface area contributed by atoms with Gasteiger partial charge in [0.25, 0.3) is 0 Å². The molecule has 1 saturated carbocycles. The first-order valence-electron chi connectivity index (χ1n) is 4.84. The second-order valence-electron chi connectivity index (χ2n) is 3.95. The fourth-order valence-electron chi connectivity index (χ4n) is 1.51. The van der Waals surface area contributed by atoms with E-state index in [1.807, 2.05) is 0 Å². The topological polar surface area (TPSA) is 12.0 Å². The molecule has 3 heteroatoms. The molecule has 0 bridgehead atoms. The summed E-state index contributed by atoms with van der Waals surface area (Å²) in [5.74, 6) is -0.831. The van der Waals surface area contributed by atoms with Gasteiger partial charge in [0.05, 0.1) is 0 Å². The Morgan fingerprint density at radius 1 is 1.36 bits per heavy atom. The van der Waals surface area contributed by atoms with Crippen molar-refractivity contribution in [2.75, 3.05) is 0 Å². The molecule has 0 radical (unpaired) electrons. The van der Waals surface area contributed by atoms with Crippen LogP contribution < -0.4 is 5.32 Å². The fraction of sp³-hybridized carbons (Fsp3) is 0.455. The summed E-state index contributed by atoms with van der Waals surface area (Å²) in [4.78, 5) is 0. The normalized spacial score (nSPS) is 25.1. The molecule has 1 aromatic carbocycles. The van der Waals surface area contributed by atoms with Crippen LogP contribution in [0.4, 0.5) is 8.78 Å². The molecular formula is C11H13F2N. The Morgan fingerprint density at radius 3 is 2.64 bits per heavy atom. The fourth-order valence-corrected chi connectivity index (χ4v) is 1.51. The Morgan fingerprint density at radius 2 is 2.07 bits per heavy atom. The van der Waals surface area contributed by atoms with E-state index in [-0.39, 0.29) is 0 Å². The highest BCUT2D eigenvalue weighted by molar-refractivity contribution is 5.17. The molecule has 0 spiro atoms. The second-order valence-corrected chi connectivity index (χ2v) is 3.95. The second kappa shape index (κ2) is 3.65. The van der Waals surface area contributed by atoms with Crippen molar-refractivity contribution in [1.29, 1.82) is 0 Å². The summed E-state index contributed by atoms with van der Waals surface area (Å²) in [5, 5.41) is 3.28. The Bertz CT molecular complexity index is 338. The van der Waals surface area contributed by atoms with Gasteiger partial charge in [0.15, 0.2) is 11.6 Å². The molecule has 0 unspecified atom stereocenters. The number of nitrogens with one attached hydrogen (secondary N) is 1. The Kier molecular flexibility index (Phi) is 2.50. The molecule has 2 rings (SSSR count). The molecule has 1 N–H and O–H groups in total. The molecule has 0 aromatic heterocycles. The monoisotopic (exact) mass is 197 g/mol. The van der Waals surface area contributed by atoms with Crippen molar-refractivity contribution in [2.24, 2.45) is 5.92 Å². The molecule has 0 aliphatic heterocycles. The van der Waals surface area contributed by atoms with Crippen molar-refractivity contribution >= 4 is 0 Å². The maximum absolute atomic E-state index is 12.8. The minimum Gasteiger partial charge on any atom is -0.310 e. The van der Waals surface area contributed by atoms with Crippen molar-refractivity contribution in [1.82, 2.24) is 5.32 Å². The van der Waals surface area contributed by atoms with Crippen LogP contribution in [0.25, 0.3) is 0 Å². The highest BCUT2D eigenvalue weighted by atomic mass is 19.2. The zero-order valence-electron chi connectivity index (χ0n) is 8.06. The maximum atomic E-state index is 12.8. The first-order chi connectivity index (χ1) is 6.66. The number of hydrogen-bond acceptors (Lipinski definition) is 1. The zero-order chi connectivity index (χ0) is 10.1. The minimum absolute atomic E-state index is 0.558. The van der Waals surface area contributed by atoms with Crippen LogP contribution in [0.3, 0.4) is 0 Å². The predicted molar refractivity (Wildman–Crippen MR) is 50.8 cm³/mol. The van der Waals surface area contributed by atoms with Gasteiger partial charge in [0, 0.05) is 12.6 Å². The van der Waals surface area contributed by atoms with Crippen molar-refractivity contribution in [2.45, 2.75) is 25.9 Å². The van der Waals surface area contributed by atoms with Crippen LogP contribution in [0.1, 0.15) is 18.9 Å². The minimum atomic E-state index is -0.784. The van der Waals surface area contributed by atoms with Crippen molar-refractivity contribution < 1.29 is 8.78 Å². The predicted octanol–water partition coefficient (Wildman–Crippen LogP) is 2.46.